The van der Waals surface area contributed by atoms with Crippen LogP contribution in [-0.4, -0.2) is 14.6 Å². The Kier molecular flexibility index (Phi) is 3.78. The van der Waals surface area contributed by atoms with E-state index in [1.165, 1.54) is 17.6 Å². The van der Waals surface area contributed by atoms with Crippen molar-refractivity contribution in [1.82, 2.24) is 4.83 Å². The number of benzene rings is 1. The zero-order valence-electron chi connectivity index (χ0n) is 9.70. The molecular formula is C12H12N2O2S2. The van der Waals surface area contributed by atoms with Gasteiger partial charge in [0.2, 0.25) is 0 Å². The summed E-state index contributed by atoms with van der Waals surface area (Å²) in [5, 5.41) is 7.51. The summed E-state index contributed by atoms with van der Waals surface area (Å²) in [4.78, 5) is 2.38. The van der Waals surface area contributed by atoms with Crippen LogP contribution >= 0.6 is 11.3 Å². The van der Waals surface area contributed by atoms with Crippen LogP contribution in [0.25, 0.3) is 0 Å². The number of hydrogen-bond donors (Lipinski definition) is 1. The van der Waals surface area contributed by atoms with Crippen LogP contribution in [0.15, 0.2) is 51.1 Å². The Morgan fingerprint density at radius 2 is 1.94 bits per heavy atom. The number of aryl methyl sites for hydroxylation is 1. The van der Waals surface area contributed by atoms with E-state index in [2.05, 4.69) is 9.93 Å². The van der Waals surface area contributed by atoms with Gasteiger partial charge in [-0.15, -0.1) is 0 Å². The van der Waals surface area contributed by atoms with E-state index >= 15 is 0 Å². The van der Waals surface area contributed by atoms with Crippen LogP contribution < -0.4 is 4.83 Å². The first kappa shape index (κ1) is 12.8. The number of nitrogens with one attached hydrogen (secondary N) is 1. The molecule has 0 saturated carbocycles. The lowest BCUT2D eigenvalue weighted by atomic mass is 10.2. The molecule has 2 aromatic rings. The summed E-state index contributed by atoms with van der Waals surface area (Å²) in [6.07, 6.45) is 1.47. The lowest BCUT2D eigenvalue weighted by Gasteiger charge is -2.03. The monoisotopic (exact) mass is 280 g/mol. The minimum atomic E-state index is -3.57. The van der Waals surface area contributed by atoms with Gasteiger partial charge in [-0.05, 0) is 35.9 Å². The Hall–Kier alpha value is -1.66. The molecule has 1 heterocycles. The number of nitrogens with zero attached hydrogens (tertiary/aromatic N) is 1. The Morgan fingerprint density at radius 1 is 1.22 bits per heavy atom. The highest BCUT2D eigenvalue weighted by molar-refractivity contribution is 7.89. The van der Waals surface area contributed by atoms with Crippen LogP contribution in [0, 0.1) is 6.92 Å². The maximum absolute atomic E-state index is 11.8. The van der Waals surface area contributed by atoms with Crippen molar-refractivity contribution >= 4 is 27.6 Å². The molecule has 0 unspecified atom stereocenters. The third-order valence-electron chi connectivity index (χ3n) is 2.26. The fourth-order valence-corrected chi connectivity index (χ4v) is 2.69. The van der Waals surface area contributed by atoms with Crippen molar-refractivity contribution in [3.8, 4) is 0 Å². The molecule has 1 aromatic heterocycles. The summed E-state index contributed by atoms with van der Waals surface area (Å²) in [7, 11) is -3.57. The summed E-state index contributed by atoms with van der Waals surface area (Å²) >= 11 is 1.53. The van der Waals surface area contributed by atoms with Gasteiger partial charge in [0.15, 0.2) is 0 Å². The molecular weight excluding hydrogens is 268 g/mol. The van der Waals surface area contributed by atoms with Crippen LogP contribution in [0.4, 0.5) is 0 Å². The normalized spacial score (nSPS) is 11.8. The molecule has 94 valence electrons. The van der Waals surface area contributed by atoms with E-state index in [4.69, 9.17) is 0 Å². The summed E-state index contributed by atoms with van der Waals surface area (Å²) < 4.78 is 23.7. The molecule has 0 bridgehead atoms. The van der Waals surface area contributed by atoms with Crippen molar-refractivity contribution < 1.29 is 8.42 Å². The number of sulfonamides is 1. The van der Waals surface area contributed by atoms with E-state index in [0.29, 0.717) is 0 Å². The van der Waals surface area contributed by atoms with E-state index in [9.17, 15) is 8.42 Å². The largest absolute Gasteiger partial charge is 0.276 e. The molecule has 0 aliphatic heterocycles. The van der Waals surface area contributed by atoms with Gasteiger partial charge in [-0.25, -0.2) is 4.83 Å². The Bertz CT molecular complexity index is 629. The van der Waals surface area contributed by atoms with E-state index in [-0.39, 0.29) is 4.90 Å². The molecule has 0 aliphatic carbocycles. The van der Waals surface area contributed by atoms with Crippen LogP contribution in [0.2, 0.25) is 0 Å². The Balaban J connectivity index is 2.10. The van der Waals surface area contributed by atoms with Crippen molar-refractivity contribution in [2.75, 3.05) is 0 Å². The van der Waals surface area contributed by atoms with Gasteiger partial charge in [0.1, 0.15) is 0 Å². The lowest BCUT2D eigenvalue weighted by molar-refractivity contribution is 0.584. The minimum Gasteiger partial charge on any atom is -0.200 e. The third kappa shape index (κ3) is 3.18. The standard InChI is InChI=1S/C12H12N2O2S2/c1-10-2-4-12(5-3-10)18(15,16)14-13-8-11-6-7-17-9-11/h2-9,14H,1H3/b13-8+. The van der Waals surface area contributed by atoms with Crippen LogP contribution in [0.5, 0.6) is 0 Å². The molecule has 0 aliphatic rings. The maximum Gasteiger partial charge on any atom is 0.276 e. The topological polar surface area (TPSA) is 58.5 Å². The molecule has 2 rings (SSSR count). The van der Waals surface area contributed by atoms with Crippen molar-refractivity contribution in [3.63, 3.8) is 0 Å². The minimum absolute atomic E-state index is 0.204. The van der Waals surface area contributed by atoms with Gasteiger partial charge in [-0.2, -0.15) is 24.9 Å². The second kappa shape index (κ2) is 5.32. The first-order valence-corrected chi connectivity index (χ1v) is 7.64. The third-order valence-corrected chi connectivity index (χ3v) is 4.20. The molecule has 1 aromatic carbocycles. The highest BCUT2D eigenvalue weighted by Gasteiger charge is 2.11. The van der Waals surface area contributed by atoms with Crippen molar-refractivity contribution in [2.24, 2.45) is 5.10 Å². The molecule has 0 radical (unpaired) electrons. The molecule has 18 heavy (non-hydrogen) atoms. The van der Waals surface area contributed by atoms with Gasteiger partial charge in [0.25, 0.3) is 10.0 Å². The molecule has 1 N–H and O–H groups in total. The van der Waals surface area contributed by atoms with Crippen LogP contribution in [0.3, 0.4) is 0 Å². The fourth-order valence-electron chi connectivity index (χ4n) is 1.29. The van der Waals surface area contributed by atoms with Crippen LogP contribution in [0.1, 0.15) is 11.1 Å². The van der Waals surface area contributed by atoms with Gasteiger partial charge >= 0.3 is 0 Å². The summed E-state index contributed by atoms with van der Waals surface area (Å²) in [5.74, 6) is 0. The van der Waals surface area contributed by atoms with E-state index in [1.807, 2.05) is 23.8 Å². The van der Waals surface area contributed by atoms with Gasteiger partial charge < -0.3 is 0 Å². The second-order valence-corrected chi connectivity index (χ2v) is 6.16. The Labute approximate surface area is 110 Å². The van der Waals surface area contributed by atoms with Crippen molar-refractivity contribution in [3.05, 3.63) is 52.2 Å². The van der Waals surface area contributed by atoms with Crippen LogP contribution in [-0.2, 0) is 10.0 Å². The summed E-state index contributed by atoms with van der Waals surface area (Å²) in [6.45, 7) is 1.90. The first-order valence-electron chi connectivity index (χ1n) is 5.22. The smallest absolute Gasteiger partial charge is 0.200 e. The number of rotatable bonds is 4. The number of hydrazone groups is 1. The molecule has 4 nitrogen and oxygen atoms in total. The molecule has 6 heteroatoms. The highest BCUT2D eigenvalue weighted by Crippen LogP contribution is 2.09. The predicted octanol–water partition coefficient (Wildman–Crippen LogP) is 2.37. The molecule has 0 amide bonds. The summed E-state index contributed by atoms with van der Waals surface area (Å²) in [6, 6.07) is 8.46. The predicted molar refractivity (Wildman–Crippen MR) is 73.4 cm³/mol. The number of thiophene rings is 1. The van der Waals surface area contributed by atoms with E-state index in [0.717, 1.165) is 11.1 Å². The average molecular weight is 280 g/mol. The van der Waals surface area contributed by atoms with Gasteiger partial charge in [0, 0.05) is 5.56 Å². The second-order valence-electron chi connectivity index (χ2n) is 3.72. The van der Waals surface area contributed by atoms with E-state index in [1.54, 1.807) is 24.3 Å². The zero-order valence-corrected chi connectivity index (χ0v) is 11.3. The quantitative estimate of drug-likeness (QED) is 0.690. The van der Waals surface area contributed by atoms with Crippen molar-refractivity contribution in [2.45, 2.75) is 11.8 Å². The average Bonchev–Trinajstić information content (AvgIpc) is 2.82. The summed E-state index contributed by atoms with van der Waals surface area (Å²) in [5.41, 5.74) is 1.88. The van der Waals surface area contributed by atoms with Crippen molar-refractivity contribution in [1.29, 1.82) is 0 Å². The lowest BCUT2D eigenvalue weighted by Crippen LogP contribution is -2.18. The van der Waals surface area contributed by atoms with Gasteiger partial charge in [-0.3, -0.25) is 0 Å². The highest BCUT2D eigenvalue weighted by atomic mass is 32.2. The van der Waals surface area contributed by atoms with Gasteiger partial charge in [-0.1, -0.05) is 17.7 Å². The molecule has 0 fully saturated rings. The maximum atomic E-state index is 11.8. The first-order chi connectivity index (χ1) is 8.58. The fraction of sp³-hybridized carbons (Fsp3) is 0.0833. The zero-order chi connectivity index (χ0) is 13.0. The molecule has 0 spiro atoms. The number of hydrogen-bond acceptors (Lipinski definition) is 4. The SMILES string of the molecule is Cc1ccc(S(=O)(=O)N/N=C/c2ccsc2)cc1. The Morgan fingerprint density at radius 3 is 2.56 bits per heavy atom. The van der Waals surface area contributed by atoms with Gasteiger partial charge in [0.05, 0.1) is 11.1 Å². The van der Waals surface area contributed by atoms with E-state index < -0.39 is 10.0 Å². The molecule has 0 saturated heterocycles. The molecule has 0 atom stereocenters.